The molecule has 0 amide bonds. The van der Waals surface area contributed by atoms with E-state index in [0.29, 0.717) is 0 Å². The lowest BCUT2D eigenvalue weighted by Gasteiger charge is -2.21. The van der Waals surface area contributed by atoms with Gasteiger partial charge in [0.1, 0.15) is 0 Å². The van der Waals surface area contributed by atoms with Crippen LogP contribution in [0.25, 0.3) is 0 Å². The molecule has 0 atom stereocenters. The standard InChI is InChI=1S/C10H21NO/c1-8(2,3)12-11-9(4,5)10(11,6)7/h1-7H3. The fraction of sp³-hybridized carbons (Fsp3) is 1.00. The highest BCUT2D eigenvalue weighted by molar-refractivity contribution is 5.15. The lowest BCUT2D eigenvalue weighted by Crippen LogP contribution is -2.26. The van der Waals surface area contributed by atoms with E-state index < -0.39 is 0 Å². The minimum atomic E-state index is -0.0783. The second-order valence-electron chi connectivity index (χ2n) is 5.62. The Bertz CT molecular complexity index is 175. The molecule has 0 aliphatic carbocycles. The largest absolute Gasteiger partial charge is 0.292 e. The Morgan fingerprint density at radius 2 is 1.25 bits per heavy atom. The molecule has 12 heavy (non-hydrogen) atoms. The van der Waals surface area contributed by atoms with Gasteiger partial charge >= 0.3 is 0 Å². The topological polar surface area (TPSA) is 12.2 Å². The number of rotatable bonds is 1. The van der Waals surface area contributed by atoms with Crippen molar-refractivity contribution in [3.05, 3.63) is 0 Å². The summed E-state index contributed by atoms with van der Waals surface area (Å²) in [4.78, 5) is 5.81. The smallest absolute Gasteiger partial charge is 0.0816 e. The summed E-state index contributed by atoms with van der Waals surface area (Å²) in [6.07, 6.45) is 0. The van der Waals surface area contributed by atoms with Crippen LogP contribution >= 0.6 is 0 Å². The molecule has 0 unspecified atom stereocenters. The predicted octanol–water partition coefficient (Wildman–Crippen LogP) is 2.59. The normalized spacial score (nSPS) is 27.2. The SMILES string of the molecule is CC(C)(C)ON1C(C)(C)C1(C)C. The van der Waals surface area contributed by atoms with Crippen molar-refractivity contribution < 1.29 is 4.84 Å². The molecule has 2 heteroatoms. The van der Waals surface area contributed by atoms with Crippen LogP contribution in [0.4, 0.5) is 0 Å². The molecule has 1 heterocycles. The van der Waals surface area contributed by atoms with E-state index in [1.54, 1.807) is 0 Å². The molecule has 0 aromatic heterocycles. The molecule has 1 aliphatic rings. The molecule has 0 aromatic carbocycles. The summed E-state index contributed by atoms with van der Waals surface area (Å²) in [7, 11) is 0. The van der Waals surface area contributed by atoms with E-state index in [0.717, 1.165) is 0 Å². The first-order valence-corrected chi connectivity index (χ1v) is 4.58. The van der Waals surface area contributed by atoms with Gasteiger partial charge in [0.15, 0.2) is 0 Å². The molecule has 0 saturated carbocycles. The van der Waals surface area contributed by atoms with Gasteiger partial charge in [0.2, 0.25) is 0 Å². The maximum Gasteiger partial charge on any atom is 0.0816 e. The van der Waals surface area contributed by atoms with Crippen molar-refractivity contribution in [1.82, 2.24) is 5.06 Å². The summed E-state index contributed by atoms with van der Waals surface area (Å²) in [6, 6.07) is 0. The van der Waals surface area contributed by atoms with Crippen LogP contribution < -0.4 is 0 Å². The zero-order chi connectivity index (χ0) is 9.78. The maximum atomic E-state index is 5.81. The fourth-order valence-electron chi connectivity index (χ4n) is 1.38. The molecule has 0 aromatic rings. The van der Waals surface area contributed by atoms with Crippen molar-refractivity contribution in [3.63, 3.8) is 0 Å². The van der Waals surface area contributed by atoms with Gasteiger partial charge < -0.3 is 0 Å². The Kier molecular flexibility index (Phi) is 1.86. The molecular formula is C10H21NO. The van der Waals surface area contributed by atoms with Gasteiger partial charge in [-0.3, -0.25) is 4.84 Å². The molecule has 0 bridgehead atoms. The third-order valence-electron chi connectivity index (χ3n) is 2.83. The zero-order valence-electron chi connectivity index (χ0n) is 9.36. The van der Waals surface area contributed by atoms with Gasteiger partial charge in [0, 0.05) is 0 Å². The Morgan fingerprint density at radius 1 is 0.917 bits per heavy atom. The molecule has 1 fully saturated rings. The monoisotopic (exact) mass is 171 g/mol. The predicted molar refractivity (Wildman–Crippen MR) is 50.8 cm³/mol. The first-order valence-electron chi connectivity index (χ1n) is 4.58. The maximum absolute atomic E-state index is 5.81. The molecule has 1 saturated heterocycles. The van der Waals surface area contributed by atoms with E-state index in [4.69, 9.17) is 4.84 Å². The Morgan fingerprint density at radius 3 is 1.33 bits per heavy atom. The number of hydrogen-bond donors (Lipinski definition) is 0. The average molecular weight is 171 g/mol. The van der Waals surface area contributed by atoms with E-state index in [-0.39, 0.29) is 16.7 Å². The quantitative estimate of drug-likeness (QED) is 0.562. The summed E-state index contributed by atoms with van der Waals surface area (Å²) in [6.45, 7) is 15.1. The van der Waals surface area contributed by atoms with Crippen molar-refractivity contribution in [2.45, 2.75) is 65.1 Å². The fourth-order valence-corrected chi connectivity index (χ4v) is 1.38. The van der Waals surface area contributed by atoms with E-state index >= 15 is 0 Å². The highest BCUT2D eigenvalue weighted by atomic mass is 16.7. The molecule has 1 aliphatic heterocycles. The number of hydroxylamine groups is 2. The summed E-state index contributed by atoms with van der Waals surface area (Å²) in [5.41, 5.74) is 0.283. The Hall–Kier alpha value is -0.0800. The highest BCUT2D eigenvalue weighted by Gasteiger charge is 2.65. The van der Waals surface area contributed by atoms with E-state index in [1.165, 1.54) is 0 Å². The van der Waals surface area contributed by atoms with Crippen molar-refractivity contribution in [2.75, 3.05) is 0 Å². The third kappa shape index (κ3) is 1.38. The van der Waals surface area contributed by atoms with Crippen LogP contribution in [0.15, 0.2) is 0 Å². The molecule has 1 rings (SSSR count). The molecule has 72 valence electrons. The van der Waals surface area contributed by atoms with Gasteiger partial charge in [0.25, 0.3) is 0 Å². The molecule has 0 radical (unpaired) electrons. The third-order valence-corrected chi connectivity index (χ3v) is 2.83. The van der Waals surface area contributed by atoms with E-state index in [2.05, 4.69) is 53.5 Å². The molecule has 0 spiro atoms. The molecular weight excluding hydrogens is 150 g/mol. The molecule has 0 N–H and O–H groups in total. The highest BCUT2D eigenvalue weighted by Crippen LogP contribution is 2.52. The minimum absolute atomic E-state index is 0.0783. The number of hydrogen-bond acceptors (Lipinski definition) is 2. The summed E-state index contributed by atoms with van der Waals surface area (Å²) in [5, 5.41) is 2.08. The van der Waals surface area contributed by atoms with Crippen LogP contribution in [0.5, 0.6) is 0 Å². The average Bonchev–Trinajstić information content (AvgIpc) is 2.09. The van der Waals surface area contributed by atoms with Crippen molar-refractivity contribution in [2.24, 2.45) is 0 Å². The van der Waals surface area contributed by atoms with Crippen LogP contribution in [-0.2, 0) is 4.84 Å². The van der Waals surface area contributed by atoms with E-state index in [1.807, 2.05) is 0 Å². The van der Waals surface area contributed by atoms with Crippen LogP contribution in [0.2, 0.25) is 0 Å². The lowest BCUT2D eigenvalue weighted by atomic mass is 10.0. The zero-order valence-corrected chi connectivity index (χ0v) is 9.36. The second kappa shape index (κ2) is 2.24. The van der Waals surface area contributed by atoms with Gasteiger partial charge in [-0.05, 0) is 48.5 Å². The van der Waals surface area contributed by atoms with Gasteiger partial charge in [-0.2, -0.15) is 5.06 Å². The first kappa shape index (κ1) is 10.0. The summed E-state index contributed by atoms with van der Waals surface area (Å²) >= 11 is 0. The van der Waals surface area contributed by atoms with Crippen LogP contribution in [0, 0.1) is 0 Å². The van der Waals surface area contributed by atoms with E-state index in [9.17, 15) is 0 Å². The Balaban J connectivity index is 2.61. The van der Waals surface area contributed by atoms with Gasteiger partial charge in [-0.15, -0.1) is 0 Å². The van der Waals surface area contributed by atoms with Crippen molar-refractivity contribution in [3.8, 4) is 0 Å². The summed E-state index contributed by atoms with van der Waals surface area (Å²) < 4.78 is 0. The van der Waals surface area contributed by atoms with Crippen LogP contribution in [0.1, 0.15) is 48.5 Å². The lowest BCUT2D eigenvalue weighted by molar-refractivity contribution is -0.186. The summed E-state index contributed by atoms with van der Waals surface area (Å²) in [5.74, 6) is 0. The van der Waals surface area contributed by atoms with Gasteiger partial charge in [0.05, 0.1) is 16.7 Å². The molecule has 2 nitrogen and oxygen atoms in total. The van der Waals surface area contributed by atoms with Crippen molar-refractivity contribution >= 4 is 0 Å². The van der Waals surface area contributed by atoms with Crippen molar-refractivity contribution in [1.29, 1.82) is 0 Å². The van der Waals surface area contributed by atoms with Crippen LogP contribution in [0.3, 0.4) is 0 Å². The number of nitrogens with zero attached hydrogens (tertiary/aromatic N) is 1. The van der Waals surface area contributed by atoms with Crippen LogP contribution in [-0.4, -0.2) is 21.7 Å². The van der Waals surface area contributed by atoms with Gasteiger partial charge in [-0.1, -0.05) is 0 Å². The first-order chi connectivity index (χ1) is 5.09. The Labute approximate surface area is 75.8 Å². The minimum Gasteiger partial charge on any atom is -0.292 e. The second-order valence-corrected chi connectivity index (χ2v) is 5.62. The van der Waals surface area contributed by atoms with Gasteiger partial charge in [-0.25, -0.2) is 0 Å².